The van der Waals surface area contributed by atoms with Gasteiger partial charge in [-0.2, -0.15) is 0 Å². The Balaban J connectivity index is 3.43. The van der Waals surface area contributed by atoms with Crippen molar-refractivity contribution in [1.82, 2.24) is 16.0 Å². The maximum Gasteiger partial charge on any atom is 0.326 e. The molecule has 0 saturated carbocycles. The van der Waals surface area contributed by atoms with Gasteiger partial charge in [0.25, 0.3) is 0 Å². The molecule has 272 valence electrons. The first-order valence-corrected chi connectivity index (χ1v) is 17.3. The Morgan fingerprint density at radius 1 is 0.447 bits per heavy atom. The Bertz CT molecular complexity index is 886. The van der Waals surface area contributed by atoms with Crippen LogP contribution < -0.4 is 16.0 Å². The Hall–Kier alpha value is -3.26. The molecule has 0 unspecified atom stereocenters. The van der Waals surface area contributed by atoms with Crippen LogP contribution in [0.4, 0.5) is 0 Å². The molecule has 14 heteroatoms. The molecular weight excluding hydrogens is 614 g/mol. The van der Waals surface area contributed by atoms with E-state index in [9.17, 15) is 28.8 Å². The first kappa shape index (κ1) is 43.7. The van der Waals surface area contributed by atoms with E-state index < -0.39 is 29.9 Å². The van der Waals surface area contributed by atoms with Crippen LogP contribution in [0.3, 0.4) is 0 Å². The van der Waals surface area contributed by atoms with Gasteiger partial charge in [-0.15, -0.1) is 0 Å². The number of unbranched alkanes of at least 4 members (excludes halogenated alkanes) is 10. The lowest BCUT2D eigenvalue weighted by molar-refractivity contribution is -0.143. The number of ether oxygens (including phenoxy) is 2. The van der Waals surface area contributed by atoms with Crippen LogP contribution in [0.1, 0.15) is 128 Å². The molecule has 14 nitrogen and oxygen atoms in total. The molecule has 0 aromatic rings. The molecule has 0 bridgehead atoms. The second kappa shape index (κ2) is 31.3. The molecule has 6 N–H and O–H groups in total. The van der Waals surface area contributed by atoms with Gasteiger partial charge in [-0.3, -0.25) is 24.0 Å². The maximum absolute atomic E-state index is 12.0. The van der Waals surface area contributed by atoms with Crippen LogP contribution in [0.15, 0.2) is 0 Å². The van der Waals surface area contributed by atoms with Gasteiger partial charge in [0, 0.05) is 71.6 Å². The summed E-state index contributed by atoms with van der Waals surface area (Å²) in [4.78, 5) is 67.9. The fourth-order valence-electron chi connectivity index (χ4n) is 4.59. The van der Waals surface area contributed by atoms with Gasteiger partial charge in [0.05, 0.1) is 0 Å². The fraction of sp³-hybridized carbons (Fsp3) is 0.818. The molecule has 0 aliphatic carbocycles. The molecule has 0 aromatic carbocycles. The van der Waals surface area contributed by atoms with Gasteiger partial charge < -0.3 is 40.7 Å². The van der Waals surface area contributed by atoms with E-state index in [0.717, 1.165) is 57.8 Å². The second-order valence-corrected chi connectivity index (χ2v) is 11.7. The predicted molar refractivity (Wildman–Crippen MR) is 175 cm³/mol. The smallest absolute Gasteiger partial charge is 0.326 e. The molecule has 0 aliphatic heterocycles. The summed E-state index contributed by atoms with van der Waals surface area (Å²) in [5.41, 5.74) is 0. The first-order chi connectivity index (χ1) is 22.6. The second-order valence-electron chi connectivity index (χ2n) is 11.7. The monoisotopic (exact) mass is 673 g/mol. The van der Waals surface area contributed by atoms with Gasteiger partial charge in [0.1, 0.15) is 6.04 Å². The Kier molecular flexibility index (Phi) is 29.2. The Morgan fingerprint density at radius 3 is 1.32 bits per heavy atom. The summed E-state index contributed by atoms with van der Waals surface area (Å²) in [6.45, 7) is 3.26. The largest absolute Gasteiger partial charge is 0.481 e. The lowest BCUT2D eigenvalue weighted by Crippen LogP contribution is -2.41. The van der Waals surface area contributed by atoms with E-state index >= 15 is 0 Å². The SMILES string of the molecule is O=C(O)CCCCCCCCCCCCC(=O)NCCCOCCCCOCCCNC(=O)CCC(=O)N[C@@H](CCC(=O)O)C(=O)O. The van der Waals surface area contributed by atoms with Gasteiger partial charge in [-0.1, -0.05) is 51.4 Å². The fourth-order valence-corrected chi connectivity index (χ4v) is 4.59. The van der Waals surface area contributed by atoms with Crippen molar-refractivity contribution in [2.45, 2.75) is 134 Å². The Labute approximate surface area is 279 Å². The number of rotatable bonds is 34. The molecule has 0 saturated heterocycles. The number of carboxylic acid groups (broad SMARTS) is 3. The van der Waals surface area contributed by atoms with E-state index in [-0.39, 0.29) is 43.9 Å². The predicted octanol–water partition coefficient (Wildman–Crippen LogP) is 3.79. The van der Waals surface area contributed by atoms with Crippen molar-refractivity contribution in [2.24, 2.45) is 0 Å². The molecule has 47 heavy (non-hydrogen) atoms. The van der Waals surface area contributed by atoms with Crippen LogP contribution in [0, 0.1) is 0 Å². The van der Waals surface area contributed by atoms with E-state index in [1.807, 2.05) is 0 Å². The molecule has 0 rings (SSSR count). The molecule has 0 radical (unpaired) electrons. The van der Waals surface area contributed by atoms with E-state index in [0.29, 0.717) is 52.4 Å². The molecule has 0 heterocycles. The molecule has 0 spiro atoms. The molecular formula is C33H59N3O11. The number of amides is 3. The lowest BCUT2D eigenvalue weighted by atomic mass is 10.1. The topological polar surface area (TPSA) is 218 Å². The normalized spacial score (nSPS) is 11.5. The summed E-state index contributed by atoms with van der Waals surface area (Å²) in [6.07, 6.45) is 13.8. The van der Waals surface area contributed by atoms with Crippen molar-refractivity contribution in [1.29, 1.82) is 0 Å². The highest BCUT2D eigenvalue weighted by atomic mass is 16.5. The summed E-state index contributed by atoms with van der Waals surface area (Å²) < 4.78 is 11.2. The summed E-state index contributed by atoms with van der Waals surface area (Å²) in [5.74, 6) is -4.07. The number of carbonyl (C=O) groups excluding carboxylic acids is 3. The van der Waals surface area contributed by atoms with Crippen molar-refractivity contribution < 1.29 is 53.6 Å². The van der Waals surface area contributed by atoms with E-state index in [1.54, 1.807) is 0 Å². The zero-order valence-corrected chi connectivity index (χ0v) is 28.1. The highest BCUT2D eigenvalue weighted by Crippen LogP contribution is 2.12. The van der Waals surface area contributed by atoms with Crippen molar-refractivity contribution in [3.63, 3.8) is 0 Å². The van der Waals surface area contributed by atoms with Crippen LogP contribution in [-0.2, 0) is 38.2 Å². The maximum atomic E-state index is 12.0. The van der Waals surface area contributed by atoms with Crippen LogP contribution >= 0.6 is 0 Å². The van der Waals surface area contributed by atoms with Crippen LogP contribution in [0.5, 0.6) is 0 Å². The van der Waals surface area contributed by atoms with Gasteiger partial charge in [0.15, 0.2) is 0 Å². The average molecular weight is 674 g/mol. The lowest BCUT2D eigenvalue weighted by Gasteiger charge is -2.13. The van der Waals surface area contributed by atoms with Crippen LogP contribution in [-0.4, -0.2) is 96.5 Å². The van der Waals surface area contributed by atoms with Crippen LogP contribution in [0.2, 0.25) is 0 Å². The summed E-state index contributed by atoms with van der Waals surface area (Å²) in [6, 6.07) is -1.31. The minimum atomic E-state index is -1.32. The van der Waals surface area contributed by atoms with Crippen molar-refractivity contribution in [3.8, 4) is 0 Å². The third-order valence-electron chi connectivity index (χ3n) is 7.31. The van der Waals surface area contributed by atoms with Crippen molar-refractivity contribution in [2.75, 3.05) is 39.5 Å². The molecule has 1 atom stereocenters. The highest BCUT2D eigenvalue weighted by molar-refractivity contribution is 5.87. The summed E-state index contributed by atoms with van der Waals surface area (Å²) >= 11 is 0. The quantitative estimate of drug-likeness (QED) is 0.0540. The number of nitrogens with one attached hydrogen (secondary N) is 3. The standard InChI is InChI=1S/C33H59N3O11/c37-28(15-9-7-5-3-1-2-4-6-8-10-16-31(40)41)34-21-13-25-46-23-11-12-24-47-26-14-22-35-29(38)18-19-30(39)36-27(33(44)45)17-20-32(42)43/h27H,1-26H2,(H,34,37)(H,35,38)(H,36,39)(H,40,41)(H,42,43)(H,44,45)/t27-/m0/s1. The number of carbonyl (C=O) groups is 6. The minimum Gasteiger partial charge on any atom is -0.481 e. The Morgan fingerprint density at radius 2 is 0.851 bits per heavy atom. The van der Waals surface area contributed by atoms with Gasteiger partial charge in [0.2, 0.25) is 17.7 Å². The van der Waals surface area contributed by atoms with E-state index in [2.05, 4.69) is 16.0 Å². The summed E-state index contributed by atoms with van der Waals surface area (Å²) in [7, 11) is 0. The number of aliphatic carboxylic acids is 3. The van der Waals surface area contributed by atoms with E-state index in [1.165, 1.54) is 25.7 Å². The van der Waals surface area contributed by atoms with Crippen LogP contribution in [0.25, 0.3) is 0 Å². The number of hydrogen-bond donors (Lipinski definition) is 6. The molecule has 0 aromatic heterocycles. The number of hydrogen-bond acceptors (Lipinski definition) is 8. The average Bonchev–Trinajstić information content (AvgIpc) is 3.02. The zero-order valence-electron chi connectivity index (χ0n) is 28.1. The van der Waals surface area contributed by atoms with Crippen molar-refractivity contribution in [3.05, 3.63) is 0 Å². The minimum absolute atomic E-state index is 0.0906. The van der Waals surface area contributed by atoms with Crippen molar-refractivity contribution >= 4 is 35.6 Å². The third-order valence-corrected chi connectivity index (χ3v) is 7.31. The van der Waals surface area contributed by atoms with Gasteiger partial charge in [-0.05, 0) is 44.9 Å². The highest BCUT2D eigenvalue weighted by Gasteiger charge is 2.21. The third kappa shape index (κ3) is 32.5. The van der Waals surface area contributed by atoms with Gasteiger partial charge >= 0.3 is 17.9 Å². The van der Waals surface area contributed by atoms with E-state index in [4.69, 9.17) is 24.8 Å². The molecule has 3 amide bonds. The number of carboxylic acids is 3. The molecule has 0 fully saturated rings. The summed E-state index contributed by atoms with van der Waals surface area (Å²) in [5, 5.41) is 34.2. The first-order valence-electron chi connectivity index (χ1n) is 17.3. The molecule has 0 aliphatic rings. The zero-order chi connectivity index (χ0) is 35.0. The van der Waals surface area contributed by atoms with Gasteiger partial charge in [-0.25, -0.2) is 4.79 Å².